The van der Waals surface area contributed by atoms with Crippen molar-refractivity contribution < 1.29 is 0 Å². The lowest BCUT2D eigenvalue weighted by Crippen LogP contribution is -2.04. The first-order chi connectivity index (χ1) is 11.2. The third-order valence-electron chi connectivity index (χ3n) is 3.81. The Morgan fingerprint density at radius 3 is 2.74 bits per heavy atom. The van der Waals surface area contributed by atoms with Gasteiger partial charge in [0, 0.05) is 16.6 Å². The molecule has 3 aromatic heterocycles. The van der Waals surface area contributed by atoms with Crippen LogP contribution in [0.4, 0.5) is 0 Å². The van der Waals surface area contributed by atoms with Crippen LogP contribution in [-0.4, -0.2) is 29.9 Å². The molecule has 0 saturated carbocycles. The van der Waals surface area contributed by atoms with Gasteiger partial charge in [-0.3, -0.25) is 0 Å². The van der Waals surface area contributed by atoms with Crippen molar-refractivity contribution in [3.8, 4) is 11.4 Å². The highest BCUT2D eigenvalue weighted by molar-refractivity contribution is 6.30. The summed E-state index contributed by atoms with van der Waals surface area (Å²) >= 11 is 5.92. The first-order valence-electron chi connectivity index (χ1n) is 7.15. The Morgan fingerprint density at radius 2 is 1.91 bits per heavy atom. The standard InChI is InChI=1S/C16H13ClN6/c1-10-14(15-13-6-7-18-16(13)20-9-19-15)21-22-23(10)8-11-2-4-12(17)5-3-11/h2-7,9H,8H2,1H3,(H,18,19,20). The highest BCUT2D eigenvalue weighted by atomic mass is 35.5. The van der Waals surface area contributed by atoms with E-state index in [1.54, 1.807) is 0 Å². The van der Waals surface area contributed by atoms with E-state index in [1.165, 1.54) is 6.33 Å². The Labute approximate surface area is 137 Å². The van der Waals surface area contributed by atoms with Crippen molar-refractivity contribution in [3.05, 3.63) is 59.1 Å². The number of hydrogen-bond donors (Lipinski definition) is 1. The van der Waals surface area contributed by atoms with Gasteiger partial charge >= 0.3 is 0 Å². The molecule has 0 aliphatic carbocycles. The van der Waals surface area contributed by atoms with Crippen LogP contribution in [0.25, 0.3) is 22.4 Å². The average molecular weight is 325 g/mol. The molecule has 0 spiro atoms. The van der Waals surface area contributed by atoms with Gasteiger partial charge in [0.2, 0.25) is 0 Å². The van der Waals surface area contributed by atoms with Crippen molar-refractivity contribution in [2.45, 2.75) is 13.5 Å². The molecule has 114 valence electrons. The number of benzene rings is 1. The highest BCUT2D eigenvalue weighted by Gasteiger charge is 2.15. The number of aromatic nitrogens is 6. The summed E-state index contributed by atoms with van der Waals surface area (Å²) in [7, 11) is 0. The van der Waals surface area contributed by atoms with Crippen molar-refractivity contribution >= 4 is 22.6 Å². The highest BCUT2D eigenvalue weighted by Crippen LogP contribution is 2.25. The fourth-order valence-electron chi connectivity index (χ4n) is 2.55. The Morgan fingerprint density at radius 1 is 1.09 bits per heavy atom. The summed E-state index contributed by atoms with van der Waals surface area (Å²) in [6, 6.07) is 9.66. The minimum atomic E-state index is 0.636. The van der Waals surface area contributed by atoms with Crippen LogP contribution in [0.2, 0.25) is 5.02 Å². The van der Waals surface area contributed by atoms with E-state index in [9.17, 15) is 0 Å². The molecule has 0 atom stereocenters. The van der Waals surface area contributed by atoms with Gasteiger partial charge in [-0.25, -0.2) is 14.6 Å². The maximum atomic E-state index is 5.92. The van der Waals surface area contributed by atoms with Gasteiger partial charge in [-0.15, -0.1) is 5.10 Å². The number of nitrogens with one attached hydrogen (secondary N) is 1. The molecule has 3 heterocycles. The topological polar surface area (TPSA) is 72.3 Å². The number of fused-ring (bicyclic) bond motifs is 1. The molecule has 0 radical (unpaired) electrons. The van der Waals surface area contributed by atoms with Crippen molar-refractivity contribution in [2.75, 3.05) is 0 Å². The monoisotopic (exact) mass is 324 g/mol. The molecule has 1 aromatic carbocycles. The van der Waals surface area contributed by atoms with Crippen LogP contribution in [-0.2, 0) is 6.54 Å². The Bertz CT molecular complexity index is 970. The lowest BCUT2D eigenvalue weighted by atomic mass is 10.2. The molecule has 0 aliphatic heterocycles. The molecule has 1 N–H and O–H groups in total. The number of hydrogen-bond acceptors (Lipinski definition) is 4. The SMILES string of the molecule is Cc1c(-c2ncnc3[nH]ccc23)nnn1Cc1ccc(Cl)cc1. The fraction of sp³-hybridized carbons (Fsp3) is 0.125. The Kier molecular flexibility index (Phi) is 3.31. The third-order valence-corrected chi connectivity index (χ3v) is 4.06. The first kappa shape index (κ1) is 13.9. The largest absolute Gasteiger partial charge is 0.346 e. The van der Waals surface area contributed by atoms with Crippen LogP contribution in [0.5, 0.6) is 0 Å². The summed E-state index contributed by atoms with van der Waals surface area (Å²) in [5.74, 6) is 0. The maximum Gasteiger partial charge on any atom is 0.141 e. The fourth-order valence-corrected chi connectivity index (χ4v) is 2.68. The predicted octanol–water partition coefficient (Wildman–Crippen LogP) is 3.23. The van der Waals surface area contributed by atoms with E-state index in [-0.39, 0.29) is 0 Å². The molecule has 0 bridgehead atoms. The summed E-state index contributed by atoms with van der Waals surface area (Å²) in [6.07, 6.45) is 3.38. The quantitative estimate of drug-likeness (QED) is 0.628. The molecule has 0 unspecified atom stereocenters. The van der Waals surface area contributed by atoms with Crippen LogP contribution in [0.15, 0.2) is 42.9 Å². The van der Waals surface area contributed by atoms with Gasteiger partial charge in [0.1, 0.15) is 23.4 Å². The van der Waals surface area contributed by atoms with Gasteiger partial charge in [0.15, 0.2) is 0 Å². The Hall–Kier alpha value is -2.73. The number of nitrogens with zero attached hydrogens (tertiary/aromatic N) is 5. The van der Waals surface area contributed by atoms with E-state index >= 15 is 0 Å². The van der Waals surface area contributed by atoms with Crippen molar-refractivity contribution in [2.24, 2.45) is 0 Å². The number of H-pyrrole nitrogens is 1. The molecule has 0 amide bonds. The average Bonchev–Trinajstić information content (AvgIpc) is 3.17. The molecule has 23 heavy (non-hydrogen) atoms. The van der Waals surface area contributed by atoms with E-state index in [0.717, 1.165) is 38.7 Å². The van der Waals surface area contributed by atoms with E-state index < -0.39 is 0 Å². The van der Waals surface area contributed by atoms with E-state index in [1.807, 2.05) is 48.1 Å². The molecule has 0 aliphatic rings. The molecule has 4 rings (SSSR count). The third kappa shape index (κ3) is 2.47. The summed E-state index contributed by atoms with van der Waals surface area (Å²) in [5.41, 5.74) is 4.42. The number of aromatic amines is 1. The van der Waals surface area contributed by atoms with Crippen LogP contribution in [0.3, 0.4) is 0 Å². The maximum absolute atomic E-state index is 5.92. The van der Waals surface area contributed by atoms with Gasteiger partial charge in [-0.05, 0) is 30.7 Å². The Balaban J connectivity index is 1.73. The molecule has 4 aromatic rings. The van der Waals surface area contributed by atoms with Crippen LogP contribution < -0.4 is 0 Å². The van der Waals surface area contributed by atoms with Gasteiger partial charge in [-0.1, -0.05) is 28.9 Å². The van der Waals surface area contributed by atoms with Crippen molar-refractivity contribution in [3.63, 3.8) is 0 Å². The first-order valence-corrected chi connectivity index (χ1v) is 7.53. The van der Waals surface area contributed by atoms with Crippen molar-refractivity contribution in [1.29, 1.82) is 0 Å². The molecule has 0 fully saturated rings. The lowest BCUT2D eigenvalue weighted by molar-refractivity contribution is 0.633. The van der Waals surface area contributed by atoms with E-state index in [4.69, 9.17) is 11.6 Å². The zero-order valence-corrected chi connectivity index (χ0v) is 13.1. The summed E-state index contributed by atoms with van der Waals surface area (Å²) < 4.78 is 1.86. The van der Waals surface area contributed by atoms with E-state index in [2.05, 4.69) is 25.3 Å². The number of halogens is 1. The van der Waals surface area contributed by atoms with E-state index in [0.29, 0.717) is 6.54 Å². The van der Waals surface area contributed by atoms with Gasteiger partial charge in [0.05, 0.1) is 12.2 Å². The normalized spacial score (nSPS) is 11.2. The molecular formula is C16H13ClN6. The molecular weight excluding hydrogens is 312 g/mol. The molecule has 7 heteroatoms. The van der Waals surface area contributed by atoms with Gasteiger partial charge in [-0.2, -0.15) is 0 Å². The zero-order chi connectivity index (χ0) is 15.8. The van der Waals surface area contributed by atoms with Crippen LogP contribution in [0.1, 0.15) is 11.3 Å². The summed E-state index contributed by atoms with van der Waals surface area (Å²) in [5, 5.41) is 10.2. The lowest BCUT2D eigenvalue weighted by Gasteiger charge is -2.04. The summed E-state index contributed by atoms with van der Waals surface area (Å²) in [6.45, 7) is 2.63. The molecule has 6 nitrogen and oxygen atoms in total. The molecule has 0 saturated heterocycles. The smallest absolute Gasteiger partial charge is 0.141 e. The summed E-state index contributed by atoms with van der Waals surface area (Å²) in [4.78, 5) is 11.7. The second-order valence-corrected chi connectivity index (χ2v) is 5.71. The zero-order valence-electron chi connectivity index (χ0n) is 12.4. The van der Waals surface area contributed by atoms with Crippen LogP contribution >= 0.6 is 11.6 Å². The second kappa shape index (κ2) is 5.48. The van der Waals surface area contributed by atoms with Crippen LogP contribution in [0, 0.1) is 6.92 Å². The van der Waals surface area contributed by atoms with Gasteiger partial charge in [0.25, 0.3) is 0 Å². The predicted molar refractivity (Wildman–Crippen MR) is 88.2 cm³/mol. The second-order valence-electron chi connectivity index (χ2n) is 5.27. The minimum absolute atomic E-state index is 0.636. The minimum Gasteiger partial charge on any atom is -0.346 e. The van der Waals surface area contributed by atoms with Crippen molar-refractivity contribution in [1.82, 2.24) is 29.9 Å². The van der Waals surface area contributed by atoms with Gasteiger partial charge < -0.3 is 4.98 Å². The number of rotatable bonds is 3.